The van der Waals surface area contributed by atoms with Crippen LogP contribution in [0.2, 0.25) is 0 Å². The van der Waals surface area contributed by atoms with Gasteiger partial charge in [0, 0.05) is 5.54 Å². The Morgan fingerprint density at radius 3 is 2.42 bits per heavy atom. The molecule has 1 aliphatic rings. The molecule has 0 aromatic rings. The fraction of sp³-hybridized carbons (Fsp3) is 0.500. The van der Waals surface area contributed by atoms with Crippen LogP contribution in [-0.4, -0.2) is 11.7 Å². The molecule has 12 heavy (non-hydrogen) atoms. The standard InChI is InChI=1S/C8H10F3N/c1-7(12)4-2-6(3-5-7)8(9,10)11/h2-4H,5,12H2,1H3. The van der Waals surface area contributed by atoms with Crippen molar-refractivity contribution < 1.29 is 13.2 Å². The Bertz CT molecular complexity index is 235. The average Bonchev–Trinajstić information content (AvgIpc) is 1.83. The first-order chi connectivity index (χ1) is 5.31. The Labute approximate surface area is 68.7 Å². The van der Waals surface area contributed by atoms with Gasteiger partial charge < -0.3 is 5.73 Å². The lowest BCUT2D eigenvalue weighted by Crippen LogP contribution is -2.35. The zero-order valence-corrected chi connectivity index (χ0v) is 6.65. The van der Waals surface area contributed by atoms with Gasteiger partial charge in [-0.2, -0.15) is 13.2 Å². The predicted octanol–water partition coefficient (Wildman–Crippen LogP) is 2.15. The fourth-order valence-electron chi connectivity index (χ4n) is 0.956. The van der Waals surface area contributed by atoms with Crippen LogP contribution in [0.1, 0.15) is 13.3 Å². The van der Waals surface area contributed by atoms with E-state index in [2.05, 4.69) is 0 Å². The molecule has 1 rings (SSSR count). The molecule has 0 aromatic heterocycles. The second-order valence-corrected chi connectivity index (χ2v) is 3.20. The van der Waals surface area contributed by atoms with Crippen molar-refractivity contribution in [2.24, 2.45) is 5.73 Å². The number of hydrogen-bond acceptors (Lipinski definition) is 1. The number of nitrogens with two attached hydrogens (primary N) is 1. The molecule has 0 spiro atoms. The summed E-state index contributed by atoms with van der Waals surface area (Å²) < 4.78 is 36.1. The minimum atomic E-state index is -4.24. The molecule has 0 saturated carbocycles. The minimum Gasteiger partial charge on any atom is -0.322 e. The number of alkyl halides is 3. The maximum absolute atomic E-state index is 12.0. The highest BCUT2D eigenvalue weighted by Crippen LogP contribution is 2.31. The van der Waals surface area contributed by atoms with Gasteiger partial charge >= 0.3 is 6.18 Å². The molecule has 4 heteroatoms. The first kappa shape index (κ1) is 9.32. The molecule has 0 radical (unpaired) electrons. The van der Waals surface area contributed by atoms with Gasteiger partial charge in [-0.3, -0.25) is 0 Å². The van der Waals surface area contributed by atoms with Crippen LogP contribution in [0.3, 0.4) is 0 Å². The smallest absolute Gasteiger partial charge is 0.322 e. The summed E-state index contributed by atoms with van der Waals surface area (Å²) in [6.07, 6.45) is -0.468. The van der Waals surface area contributed by atoms with Gasteiger partial charge in [-0.25, -0.2) is 0 Å². The van der Waals surface area contributed by atoms with Crippen molar-refractivity contribution in [3.8, 4) is 0 Å². The van der Waals surface area contributed by atoms with E-state index in [1.54, 1.807) is 6.92 Å². The summed E-state index contributed by atoms with van der Waals surface area (Å²) in [5.41, 5.74) is 4.35. The Kier molecular flexibility index (Phi) is 2.04. The number of halogens is 3. The summed E-state index contributed by atoms with van der Waals surface area (Å²) in [7, 11) is 0. The quantitative estimate of drug-likeness (QED) is 0.602. The molecule has 1 aliphatic carbocycles. The Balaban J connectivity index is 2.78. The summed E-state index contributed by atoms with van der Waals surface area (Å²) in [6.45, 7) is 1.69. The highest BCUT2D eigenvalue weighted by molar-refractivity contribution is 5.31. The summed E-state index contributed by atoms with van der Waals surface area (Å²) in [5, 5.41) is 0. The molecule has 0 heterocycles. The summed E-state index contributed by atoms with van der Waals surface area (Å²) in [6, 6.07) is 0. The van der Waals surface area contributed by atoms with Gasteiger partial charge in [0.15, 0.2) is 0 Å². The molecule has 0 fully saturated rings. The summed E-state index contributed by atoms with van der Waals surface area (Å²) in [4.78, 5) is 0. The molecule has 1 unspecified atom stereocenters. The van der Waals surface area contributed by atoms with Crippen LogP contribution >= 0.6 is 0 Å². The monoisotopic (exact) mass is 177 g/mol. The van der Waals surface area contributed by atoms with Crippen LogP contribution in [0.4, 0.5) is 13.2 Å². The predicted molar refractivity (Wildman–Crippen MR) is 40.5 cm³/mol. The maximum Gasteiger partial charge on any atom is 0.416 e. The van der Waals surface area contributed by atoms with Gasteiger partial charge in [0.1, 0.15) is 0 Å². The van der Waals surface area contributed by atoms with E-state index in [0.29, 0.717) is 0 Å². The van der Waals surface area contributed by atoms with Crippen molar-refractivity contribution in [3.05, 3.63) is 23.8 Å². The van der Waals surface area contributed by atoms with Crippen molar-refractivity contribution in [1.29, 1.82) is 0 Å². The third kappa shape index (κ3) is 2.11. The van der Waals surface area contributed by atoms with E-state index in [4.69, 9.17) is 5.73 Å². The van der Waals surface area contributed by atoms with Crippen LogP contribution in [-0.2, 0) is 0 Å². The van der Waals surface area contributed by atoms with E-state index in [-0.39, 0.29) is 6.42 Å². The van der Waals surface area contributed by atoms with E-state index >= 15 is 0 Å². The van der Waals surface area contributed by atoms with Gasteiger partial charge in [0.2, 0.25) is 0 Å². The lowest BCUT2D eigenvalue weighted by atomic mass is 9.91. The highest BCUT2D eigenvalue weighted by atomic mass is 19.4. The molecule has 0 saturated heterocycles. The molecule has 0 bridgehead atoms. The normalized spacial score (nSPS) is 30.2. The first-order valence-corrected chi connectivity index (χ1v) is 3.57. The van der Waals surface area contributed by atoms with Crippen molar-refractivity contribution in [1.82, 2.24) is 0 Å². The van der Waals surface area contributed by atoms with Crippen LogP contribution in [0.5, 0.6) is 0 Å². The van der Waals surface area contributed by atoms with Gasteiger partial charge in [-0.15, -0.1) is 0 Å². The van der Waals surface area contributed by atoms with Crippen LogP contribution in [0.25, 0.3) is 0 Å². The van der Waals surface area contributed by atoms with Gasteiger partial charge in [0.05, 0.1) is 5.57 Å². The van der Waals surface area contributed by atoms with Gasteiger partial charge in [-0.05, 0) is 13.3 Å². The second kappa shape index (κ2) is 2.62. The zero-order valence-electron chi connectivity index (χ0n) is 6.65. The summed E-state index contributed by atoms with van der Waals surface area (Å²) >= 11 is 0. The molecule has 0 aliphatic heterocycles. The van der Waals surface area contributed by atoms with Crippen molar-refractivity contribution in [3.63, 3.8) is 0 Å². The molecular formula is C8H10F3N. The minimum absolute atomic E-state index is 0.234. The SMILES string of the molecule is CC1(N)C=CC(C(F)(F)F)=CC1. The second-order valence-electron chi connectivity index (χ2n) is 3.20. The Morgan fingerprint density at radius 1 is 1.50 bits per heavy atom. The molecule has 0 amide bonds. The Morgan fingerprint density at radius 2 is 2.08 bits per heavy atom. The average molecular weight is 177 g/mol. The van der Waals surface area contributed by atoms with Crippen molar-refractivity contribution in [2.45, 2.75) is 25.1 Å². The molecule has 68 valence electrons. The van der Waals surface area contributed by atoms with E-state index in [0.717, 1.165) is 12.2 Å². The maximum atomic E-state index is 12.0. The van der Waals surface area contributed by atoms with Crippen molar-refractivity contribution >= 4 is 0 Å². The third-order valence-electron chi connectivity index (χ3n) is 1.73. The molecule has 1 atom stereocenters. The zero-order chi connectivity index (χ0) is 9.41. The van der Waals surface area contributed by atoms with E-state index in [1.807, 2.05) is 0 Å². The van der Waals surface area contributed by atoms with Crippen LogP contribution in [0, 0.1) is 0 Å². The lowest BCUT2D eigenvalue weighted by molar-refractivity contribution is -0.0887. The number of hydrogen-bond donors (Lipinski definition) is 1. The molecular weight excluding hydrogens is 167 g/mol. The van der Waals surface area contributed by atoms with Crippen LogP contribution in [0.15, 0.2) is 23.8 Å². The topological polar surface area (TPSA) is 26.0 Å². The summed E-state index contributed by atoms with van der Waals surface area (Å²) in [5.74, 6) is 0. The third-order valence-corrected chi connectivity index (χ3v) is 1.73. The number of rotatable bonds is 0. The molecule has 2 N–H and O–H groups in total. The highest BCUT2D eigenvalue weighted by Gasteiger charge is 2.34. The number of allylic oxidation sites excluding steroid dienone is 2. The molecule has 0 aromatic carbocycles. The van der Waals surface area contributed by atoms with E-state index in [9.17, 15) is 13.2 Å². The van der Waals surface area contributed by atoms with E-state index in [1.165, 1.54) is 6.08 Å². The Hall–Kier alpha value is -0.770. The lowest BCUT2D eigenvalue weighted by Gasteiger charge is -2.23. The van der Waals surface area contributed by atoms with Crippen LogP contribution < -0.4 is 5.73 Å². The fourth-order valence-corrected chi connectivity index (χ4v) is 0.956. The van der Waals surface area contributed by atoms with Gasteiger partial charge in [0.25, 0.3) is 0 Å². The van der Waals surface area contributed by atoms with Gasteiger partial charge in [-0.1, -0.05) is 18.2 Å². The first-order valence-electron chi connectivity index (χ1n) is 3.57. The van der Waals surface area contributed by atoms with Crippen molar-refractivity contribution in [2.75, 3.05) is 0 Å². The molecule has 1 nitrogen and oxygen atoms in total. The van der Waals surface area contributed by atoms with E-state index < -0.39 is 17.3 Å². The largest absolute Gasteiger partial charge is 0.416 e.